The highest BCUT2D eigenvalue weighted by molar-refractivity contribution is 4.89. The van der Waals surface area contributed by atoms with E-state index in [1.165, 1.54) is 6.42 Å². The zero-order valence-electron chi connectivity index (χ0n) is 12.1. The molecule has 4 nitrogen and oxygen atoms in total. The smallest absolute Gasteiger partial charge is 0.0674 e. The third-order valence-electron chi connectivity index (χ3n) is 3.95. The molecule has 2 aliphatic rings. The summed E-state index contributed by atoms with van der Waals surface area (Å²) in [6.07, 6.45) is 1.55. The van der Waals surface area contributed by atoms with Gasteiger partial charge in [0.25, 0.3) is 0 Å². The van der Waals surface area contributed by atoms with Crippen molar-refractivity contribution in [3.63, 3.8) is 0 Å². The van der Waals surface area contributed by atoms with Crippen molar-refractivity contribution in [2.24, 2.45) is 5.41 Å². The van der Waals surface area contributed by atoms with Gasteiger partial charge in [0.15, 0.2) is 0 Å². The summed E-state index contributed by atoms with van der Waals surface area (Å²) >= 11 is 0. The number of morpholine rings is 1. The highest BCUT2D eigenvalue weighted by Crippen LogP contribution is 2.29. The summed E-state index contributed by atoms with van der Waals surface area (Å²) in [6.45, 7) is 13.6. The number of hydrogen-bond acceptors (Lipinski definition) is 4. The van der Waals surface area contributed by atoms with E-state index >= 15 is 0 Å². The van der Waals surface area contributed by atoms with E-state index < -0.39 is 0 Å². The summed E-state index contributed by atoms with van der Waals surface area (Å²) in [5.74, 6) is 0. The summed E-state index contributed by atoms with van der Waals surface area (Å²) in [5, 5.41) is 3.59. The average Bonchev–Trinajstić information content (AvgIpc) is 2.76. The van der Waals surface area contributed by atoms with Crippen molar-refractivity contribution in [2.75, 3.05) is 46.0 Å². The lowest BCUT2D eigenvalue weighted by atomic mass is 9.86. The molecule has 2 saturated heterocycles. The van der Waals surface area contributed by atoms with Gasteiger partial charge in [-0.25, -0.2) is 0 Å². The highest BCUT2D eigenvalue weighted by Gasteiger charge is 2.37. The predicted octanol–water partition coefficient (Wildman–Crippen LogP) is 1.11. The Morgan fingerprint density at radius 2 is 2.22 bits per heavy atom. The lowest BCUT2D eigenvalue weighted by Crippen LogP contribution is -2.50. The molecule has 4 heteroatoms. The van der Waals surface area contributed by atoms with E-state index in [0.717, 1.165) is 46.0 Å². The second-order valence-corrected chi connectivity index (χ2v) is 6.25. The van der Waals surface area contributed by atoms with E-state index in [2.05, 4.69) is 31.0 Å². The van der Waals surface area contributed by atoms with Crippen LogP contribution in [0.5, 0.6) is 0 Å². The predicted molar refractivity (Wildman–Crippen MR) is 72.9 cm³/mol. The lowest BCUT2D eigenvalue weighted by Gasteiger charge is -2.38. The molecular weight excluding hydrogens is 228 g/mol. The first-order valence-electron chi connectivity index (χ1n) is 7.25. The highest BCUT2D eigenvalue weighted by atomic mass is 16.5. The molecule has 0 amide bonds. The van der Waals surface area contributed by atoms with Gasteiger partial charge >= 0.3 is 0 Å². The first-order valence-corrected chi connectivity index (χ1v) is 7.25. The van der Waals surface area contributed by atoms with E-state index in [4.69, 9.17) is 9.47 Å². The maximum absolute atomic E-state index is 5.66. The number of ether oxygens (including phenoxy) is 2. The Balaban J connectivity index is 1.88. The number of nitrogens with zero attached hydrogens (tertiary/aromatic N) is 1. The van der Waals surface area contributed by atoms with E-state index in [0.29, 0.717) is 17.6 Å². The Morgan fingerprint density at radius 3 is 2.83 bits per heavy atom. The summed E-state index contributed by atoms with van der Waals surface area (Å²) in [7, 11) is 0. The molecule has 2 atom stereocenters. The van der Waals surface area contributed by atoms with Crippen molar-refractivity contribution in [3.05, 3.63) is 0 Å². The minimum Gasteiger partial charge on any atom is -0.381 e. The molecule has 0 spiro atoms. The van der Waals surface area contributed by atoms with Gasteiger partial charge in [-0.15, -0.1) is 0 Å². The quantitative estimate of drug-likeness (QED) is 0.799. The Morgan fingerprint density at radius 1 is 1.39 bits per heavy atom. The molecule has 2 fully saturated rings. The van der Waals surface area contributed by atoms with Gasteiger partial charge in [0.1, 0.15) is 0 Å². The van der Waals surface area contributed by atoms with Crippen LogP contribution in [0.3, 0.4) is 0 Å². The molecule has 0 radical (unpaired) electrons. The van der Waals surface area contributed by atoms with Gasteiger partial charge in [0, 0.05) is 44.2 Å². The third kappa shape index (κ3) is 3.92. The summed E-state index contributed by atoms with van der Waals surface area (Å²) in [5.41, 5.74) is 0.307. The van der Waals surface area contributed by atoms with Crippen molar-refractivity contribution in [1.29, 1.82) is 0 Å². The molecule has 0 aromatic heterocycles. The fourth-order valence-corrected chi connectivity index (χ4v) is 2.90. The average molecular weight is 256 g/mol. The maximum atomic E-state index is 5.66. The molecule has 2 unspecified atom stereocenters. The van der Waals surface area contributed by atoms with Crippen LogP contribution in [0.1, 0.15) is 27.2 Å². The van der Waals surface area contributed by atoms with Gasteiger partial charge in [0.05, 0.1) is 19.3 Å². The van der Waals surface area contributed by atoms with Crippen LogP contribution in [0.4, 0.5) is 0 Å². The fourth-order valence-electron chi connectivity index (χ4n) is 2.90. The van der Waals surface area contributed by atoms with Crippen molar-refractivity contribution in [1.82, 2.24) is 10.2 Å². The Bertz CT molecular complexity index is 252. The monoisotopic (exact) mass is 256 g/mol. The summed E-state index contributed by atoms with van der Waals surface area (Å²) in [4.78, 5) is 2.55. The van der Waals surface area contributed by atoms with Gasteiger partial charge in [-0.05, 0) is 13.3 Å². The molecular formula is C14H28N2O2. The largest absolute Gasteiger partial charge is 0.381 e. The molecule has 106 valence electrons. The number of nitrogens with one attached hydrogen (secondary N) is 1. The third-order valence-corrected chi connectivity index (χ3v) is 3.95. The van der Waals surface area contributed by atoms with Crippen molar-refractivity contribution in [2.45, 2.75) is 39.3 Å². The number of hydrogen-bond donors (Lipinski definition) is 1. The van der Waals surface area contributed by atoms with Gasteiger partial charge in [-0.1, -0.05) is 13.8 Å². The second-order valence-electron chi connectivity index (χ2n) is 6.25. The van der Waals surface area contributed by atoms with Crippen LogP contribution in [-0.2, 0) is 9.47 Å². The molecule has 2 heterocycles. The normalized spacial score (nSPS) is 34.3. The molecule has 0 bridgehead atoms. The molecule has 0 aromatic carbocycles. The van der Waals surface area contributed by atoms with Crippen LogP contribution in [-0.4, -0.2) is 63.0 Å². The standard InChI is InChI=1S/C14H28N2O2/c1-12(2)15-9-14(4-6-17-11-14)10-16-5-7-18-13(3)8-16/h12-13,15H,4-11H2,1-3H3. The number of rotatable bonds is 5. The minimum absolute atomic E-state index is 0.307. The van der Waals surface area contributed by atoms with Gasteiger partial charge in [-0.2, -0.15) is 0 Å². The molecule has 2 rings (SSSR count). The maximum Gasteiger partial charge on any atom is 0.0674 e. The van der Waals surface area contributed by atoms with Crippen LogP contribution < -0.4 is 5.32 Å². The van der Waals surface area contributed by atoms with Crippen molar-refractivity contribution < 1.29 is 9.47 Å². The minimum atomic E-state index is 0.307. The second kappa shape index (κ2) is 6.33. The molecule has 0 aromatic rings. The summed E-state index contributed by atoms with van der Waals surface area (Å²) < 4.78 is 11.3. The van der Waals surface area contributed by atoms with Crippen LogP contribution in [0, 0.1) is 5.41 Å². The van der Waals surface area contributed by atoms with Crippen LogP contribution in [0.15, 0.2) is 0 Å². The fraction of sp³-hybridized carbons (Fsp3) is 1.00. The van der Waals surface area contributed by atoms with Crippen molar-refractivity contribution in [3.8, 4) is 0 Å². The molecule has 18 heavy (non-hydrogen) atoms. The Kier molecular flexibility index (Phi) is 5.01. The van der Waals surface area contributed by atoms with Crippen LogP contribution >= 0.6 is 0 Å². The topological polar surface area (TPSA) is 33.7 Å². The lowest BCUT2D eigenvalue weighted by molar-refractivity contribution is -0.0334. The molecule has 0 saturated carbocycles. The van der Waals surface area contributed by atoms with Crippen molar-refractivity contribution >= 4 is 0 Å². The van der Waals surface area contributed by atoms with E-state index in [1.807, 2.05) is 0 Å². The summed E-state index contributed by atoms with van der Waals surface area (Å²) in [6, 6.07) is 0.547. The van der Waals surface area contributed by atoms with Gasteiger partial charge in [0.2, 0.25) is 0 Å². The first kappa shape index (κ1) is 14.3. The first-order chi connectivity index (χ1) is 8.60. The van der Waals surface area contributed by atoms with Crippen LogP contribution in [0.25, 0.3) is 0 Å². The van der Waals surface area contributed by atoms with E-state index in [1.54, 1.807) is 0 Å². The molecule has 1 N–H and O–H groups in total. The molecule has 2 aliphatic heterocycles. The zero-order chi connectivity index (χ0) is 13.0. The van der Waals surface area contributed by atoms with E-state index in [-0.39, 0.29) is 0 Å². The van der Waals surface area contributed by atoms with E-state index in [9.17, 15) is 0 Å². The van der Waals surface area contributed by atoms with Crippen LogP contribution in [0.2, 0.25) is 0 Å². The van der Waals surface area contributed by atoms with Gasteiger partial charge < -0.3 is 14.8 Å². The van der Waals surface area contributed by atoms with Gasteiger partial charge in [-0.3, -0.25) is 4.90 Å². The SMILES string of the molecule is CC(C)NCC1(CN2CCOC(C)C2)CCOC1. The Labute approximate surface area is 111 Å². The Hall–Kier alpha value is -0.160. The zero-order valence-corrected chi connectivity index (χ0v) is 12.1. The molecule has 0 aliphatic carbocycles.